The van der Waals surface area contributed by atoms with Crippen molar-refractivity contribution in [3.8, 4) is 6.07 Å². The van der Waals surface area contributed by atoms with Crippen molar-refractivity contribution >= 4 is 34.5 Å². The number of halogens is 2. The standard InChI is InChI=1S/C24H20ClFN8O2/c25-18-5-2-6-19(26)17(18)13-34-22-20(31-32-34)23(35)30-21(29-22)15-7-9-33(10-8-15)24(36)28-16-4-1-3-14(11-16)12-27/h1-6,11,15H,7-10,13H2,(H,28,36)(H,29,30,35). The molecule has 0 atom stereocenters. The van der Waals surface area contributed by atoms with Gasteiger partial charge in [-0.2, -0.15) is 5.26 Å². The lowest BCUT2D eigenvalue weighted by molar-refractivity contribution is 0.193. The van der Waals surface area contributed by atoms with Crippen molar-refractivity contribution in [2.45, 2.75) is 25.3 Å². The number of hydrogen-bond donors (Lipinski definition) is 2. The normalized spacial score (nSPS) is 14.1. The summed E-state index contributed by atoms with van der Waals surface area (Å²) in [6.07, 6.45) is 1.17. The van der Waals surface area contributed by atoms with Gasteiger partial charge >= 0.3 is 6.03 Å². The van der Waals surface area contributed by atoms with Gasteiger partial charge < -0.3 is 15.2 Å². The van der Waals surface area contributed by atoms with Gasteiger partial charge in [0.15, 0.2) is 11.2 Å². The zero-order valence-corrected chi connectivity index (χ0v) is 19.7. The number of hydrogen-bond acceptors (Lipinski definition) is 6. The van der Waals surface area contributed by atoms with Gasteiger partial charge in [0.05, 0.1) is 18.2 Å². The minimum Gasteiger partial charge on any atom is -0.324 e. The molecule has 1 aliphatic heterocycles. The van der Waals surface area contributed by atoms with Crippen molar-refractivity contribution in [3.63, 3.8) is 0 Å². The molecule has 2 aromatic carbocycles. The third-order valence-electron chi connectivity index (χ3n) is 6.17. The summed E-state index contributed by atoms with van der Waals surface area (Å²) in [5, 5.41) is 20.0. The van der Waals surface area contributed by atoms with E-state index in [4.69, 9.17) is 16.9 Å². The fourth-order valence-corrected chi connectivity index (χ4v) is 4.46. The highest BCUT2D eigenvalue weighted by Crippen LogP contribution is 2.27. The van der Waals surface area contributed by atoms with Gasteiger partial charge in [-0.3, -0.25) is 4.79 Å². The molecule has 36 heavy (non-hydrogen) atoms. The Hall–Kier alpha value is -4.30. The second-order valence-electron chi connectivity index (χ2n) is 8.45. The second kappa shape index (κ2) is 9.75. The van der Waals surface area contributed by atoms with Gasteiger partial charge in [-0.15, -0.1) is 5.10 Å². The van der Waals surface area contributed by atoms with Crippen LogP contribution in [0.4, 0.5) is 14.9 Å². The maximum absolute atomic E-state index is 14.3. The number of rotatable bonds is 4. The first-order valence-electron chi connectivity index (χ1n) is 11.3. The Morgan fingerprint density at radius 1 is 1.25 bits per heavy atom. The van der Waals surface area contributed by atoms with Crippen LogP contribution in [-0.4, -0.2) is 49.0 Å². The van der Waals surface area contributed by atoms with Gasteiger partial charge in [0.2, 0.25) is 0 Å². The van der Waals surface area contributed by atoms with Gasteiger partial charge in [0.25, 0.3) is 5.56 Å². The van der Waals surface area contributed by atoms with E-state index in [0.717, 1.165) is 0 Å². The van der Waals surface area contributed by atoms with E-state index in [-0.39, 0.29) is 40.2 Å². The van der Waals surface area contributed by atoms with Crippen molar-refractivity contribution in [1.29, 1.82) is 5.26 Å². The number of piperidine rings is 1. The second-order valence-corrected chi connectivity index (χ2v) is 8.86. The van der Waals surface area contributed by atoms with Gasteiger partial charge in [-0.05, 0) is 43.2 Å². The molecule has 1 fully saturated rings. The number of fused-ring (bicyclic) bond motifs is 1. The lowest BCUT2D eigenvalue weighted by Gasteiger charge is -2.31. The smallest absolute Gasteiger partial charge is 0.321 e. The van der Waals surface area contributed by atoms with Crippen LogP contribution in [0, 0.1) is 17.1 Å². The maximum Gasteiger partial charge on any atom is 0.321 e. The summed E-state index contributed by atoms with van der Waals surface area (Å²) in [7, 11) is 0. The van der Waals surface area contributed by atoms with Crippen molar-refractivity contribution in [2.75, 3.05) is 18.4 Å². The van der Waals surface area contributed by atoms with E-state index in [1.807, 2.05) is 6.07 Å². The molecule has 0 radical (unpaired) electrons. The topological polar surface area (TPSA) is 133 Å². The summed E-state index contributed by atoms with van der Waals surface area (Å²) in [6.45, 7) is 0.889. The SMILES string of the molecule is N#Cc1cccc(NC(=O)N2CCC(c3nc4c(nnn4Cc4c(F)cccc4Cl)c(=O)[nH]3)CC2)c1. The maximum atomic E-state index is 14.3. The van der Waals surface area contributed by atoms with Crippen molar-refractivity contribution in [1.82, 2.24) is 29.9 Å². The van der Waals surface area contributed by atoms with Crippen LogP contribution in [0.3, 0.4) is 0 Å². The molecule has 182 valence electrons. The fourth-order valence-electron chi connectivity index (χ4n) is 4.24. The van der Waals surface area contributed by atoms with Crippen LogP contribution < -0.4 is 10.9 Å². The highest BCUT2D eigenvalue weighted by molar-refractivity contribution is 6.31. The Morgan fingerprint density at radius 3 is 2.78 bits per heavy atom. The number of aromatic nitrogens is 5. The van der Waals surface area contributed by atoms with E-state index in [2.05, 4.69) is 25.6 Å². The fraction of sp³-hybridized carbons (Fsp3) is 0.250. The molecule has 4 aromatic rings. The first-order chi connectivity index (χ1) is 17.4. The van der Waals surface area contributed by atoms with Crippen LogP contribution in [-0.2, 0) is 6.54 Å². The Bertz CT molecular complexity index is 1530. The number of nitriles is 1. The zero-order chi connectivity index (χ0) is 25.2. The largest absolute Gasteiger partial charge is 0.324 e. The minimum absolute atomic E-state index is 0.0243. The summed E-state index contributed by atoms with van der Waals surface area (Å²) in [5.74, 6) is -0.105. The number of likely N-dealkylation sites (tertiary alicyclic amines) is 1. The number of anilines is 1. The first-order valence-corrected chi connectivity index (χ1v) is 11.6. The molecule has 2 aromatic heterocycles. The van der Waals surface area contributed by atoms with E-state index < -0.39 is 11.4 Å². The van der Waals surface area contributed by atoms with Gasteiger partial charge in [0, 0.05) is 35.3 Å². The predicted octanol–water partition coefficient (Wildman–Crippen LogP) is 3.64. The van der Waals surface area contributed by atoms with Crippen molar-refractivity contribution in [3.05, 3.63) is 80.6 Å². The van der Waals surface area contributed by atoms with Gasteiger partial charge in [-0.1, -0.05) is 28.9 Å². The summed E-state index contributed by atoms with van der Waals surface area (Å²) >= 11 is 6.15. The lowest BCUT2D eigenvalue weighted by atomic mass is 9.96. The number of benzene rings is 2. The summed E-state index contributed by atoms with van der Waals surface area (Å²) in [5.41, 5.74) is 1.11. The molecule has 5 rings (SSSR count). The first kappa shape index (κ1) is 23.4. The molecule has 3 heterocycles. The molecule has 2 N–H and O–H groups in total. The molecule has 1 aliphatic rings. The number of urea groups is 1. The molecule has 0 saturated carbocycles. The zero-order valence-electron chi connectivity index (χ0n) is 18.9. The summed E-state index contributed by atoms with van der Waals surface area (Å²) in [4.78, 5) is 34.4. The highest BCUT2D eigenvalue weighted by Gasteiger charge is 2.27. The Morgan fingerprint density at radius 2 is 2.03 bits per heavy atom. The Kier molecular flexibility index (Phi) is 6.35. The van der Waals surface area contributed by atoms with Crippen LogP contribution in [0.15, 0.2) is 47.3 Å². The minimum atomic E-state index is -0.485. The summed E-state index contributed by atoms with van der Waals surface area (Å²) in [6, 6.07) is 12.9. The number of H-pyrrole nitrogens is 1. The molecule has 0 spiro atoms. The molecule has 2 amide bonds. The monoisotopic (exact) mass is 506 g/mol. The summed E-state index contributed by atoms with van der Waals surface area (Å²) < 4.78 is 15.6. The van der Waals surface area contributed by atoms with E-state index in [1.54, 1.807) is 35.2 Å². The number of nitrogens with one attached hydrogen (secondary N) is 2. The molecule has 0 aliphatic carbocycles. The predicted molar refractivity (Wildman–Crippen MR) is 130 cm³/mol. The van der Waals surface area contributed by atoms with E-state index in [0.29, 0.717) is 43.0 Å². The molecule has 1 saturated heterocycles. The van der Waals surface area contributed by atoms with Crippen LogP contribution in [0.1, 0.15) is 35.7 Å². The molecule has 10 nitrogen and oxygen atoms in total. The molecular formula is C24H20ClFN8O2. The number of carbonyl (C=O) groups excluding carboxylic acids is 1. The van der Waals surface area contributed by atoms with Crippen molar-refractivity contribution < 1.29 is 9.18 Å². The number of aromatic amines is 1. The number of carbonyl (C=O) groups is 1. The quantitative estimate of drug-likeness (QED) is 0.434. The van der Waals surface area contributed by atoms with E-state index >= 15 is 0 Å². The highest BCUT2D eigenvalue weighted by atomic mass is 35.5. The van der Waals surface area contributed by atoms with Crippen LogP contribution >= 0.6 is 11.6 Å². The molecule has 0 unspecified atom stereocenters. The van der Waals surface area contributed by atoms with Crippen LogP contribution in [0.5, 0.6) is 0 Å². The molecule has 12 heteroatoms. The third-order valence-corrected chi connectivity index (χ3v) is 6.53. The van der Waals surface area contributed by atoms with Crippen molar-refractivity contribution in [2.24, 2.45) is 0 Å². The van der Waals surface area contributed by atoms with E-state index in [9.17, 15) is 14.0 Å². The average Bonchev–Trinajstić information content (AvgIpc) is 3.30. The Balaban J connectivity index is 1.31. The molecular weight excluding hydrogens is 487 g/mol. The van der Waals surface area contributed by atoms with Gasteiger partial charge in [0.1, 0.15) is 11.6 Å². The van der Waals surface area contributed by atoms with Crippen LogP contribution in [0.25, 0.3) is 11.2 Å². The Labute approximate surface area is 209 Å². The van der Waals surface area contributed by atoms with Crippen LogP contribution in [0.2, 0.25) is 5.02 Å². The lowest BCUT2D eigenvalue weighted by Crippen LogP contribution is -2.41. The van der Waals surface area contributed by atoms with E-state index in [1.165, 1.54) is 16.8 Å². The number of nitrogens with zero attached hydrogens (tertiary/aromatic N) is 6. The molecule has 0 bridgehead atoms. The number of amides is 2. The third kappa shape index (κ3) is 4.63. The van der Waals surface area contributed by atoms with Gasteiger partial charge in [-0.25, -0.2) is 18.9 Å². The average molecular weight is 507 g/mol.